The van der Waals surface area contributed by atoms with E-state index in [0.29, 0.717) is 5.69 Å². The Hall–Kier alpha value is -1.65. The van der Waals surface area contributed by atoms with E-state index < -0.39 is 10.7 Å². The molecule has 0 aliphatic heterocycles. The van der Waals surface area contributed by atoms with Gasteiger partial charge in [-0.2, -0.15) is 0 Å². The van der Waals surface area contributed by atoms with Gasteiger partial charge in [0.25, 0.3) is 5.69 Å². The van der Waals surface area contributed by atoms with Crippen molar-refractivity contribution in [1.82, 2.24) is 0 Å². The van der Waals surface area contributed by atoms with E-state index in [4.69, 9.17) is 0 Å². The molecule has 1 N–H and O–H groups in total. The van der Waals surface area contributed by atoms with Crippen molar-refractivity contribution in [1.29, 1.82) is 0 Å². The van der Waals surface area contributed by atoms with Crippen molar-refractivity contribution < 1.29 is 9.31 Å². The first-order chi connectivity index (χ1) is 9.04. The fourth-order valence-electron chi connectivity index (χ4n) is 2.85. The second-order valence-corrected chi connectivity index (χ2v) is 5.37. The molecular weight excluding hydrogens is 247 g/mol. The second-order valence-electron chi connectivity index (χ2n) is 5.37. The number of nitrogens with one attached hydrogen (secondary N) is 1. The first-order valence-corrected chi connectivity index (χ1v) is 6.73. The summed E-state index contributed by atoms with van der Waals surface area (Å²) in [5, 5.41) is 13.9. The number of non-ortho nitro benzene ring substituents is 1. The summed E-state index contributed by atoms with van der Waals surface area (Å²) in [7, 11) is 0. The van der Waals surface area contributed by atoms with E-state index in [1.807, 2.05) is 0 Å². The van der Waals surface area contributed by atoms with Crippen LogP contribution in [0.5, 0.6) is 0 Å². The Morgan fingerprint density at radius 1 is 1.37 bits per heavy atom. The molecule has 0 amide bonds. The average molecular weight is 266 g/mol. The van der Waals surface area contributed by atoms with E-state index in [0.717, 1.165) is 19.0 Å². The maximum Gasteiger partial charge on any atom is 0.274 e. The number of anilines is 1. The van der Waals surface area contributed by atoms with Crippen LogP contribution < -0.4 is 5.32 Å². The van der Waals surface area contributed by atoms with Crippen molar-refractivity contribution in [2.24, 2.45) is 5.41 Å². The summed E-state index contributed by atoms with van der Waals surface area (Å²) in [5.74, 6) is -0.575. The molecule has 4 nitrogen and oxygen atoms in total. The van der Waals surface area contributed by atoms with Crippen molar-refractivity contribution in [3.05, 3.63) is 34.1 Å². The number of benzene rings is 1. The Morgan fingerprint density at radius 2 is 2.05 bits per heavy atom. The van der Waals surface area contributed by atoms with Crippen LogP contribution in [-0.2, 0) is 0 Å². The Bertz CT molecular complexity index is 471. The fraction of sp³-hybridized carbons (Fsp3) is 0.571. The Morgan fingerprint density at radius 3 is 2.63 bits per heavy atom. The van der Waals surface area contributed by atoms with E-state index in [2.05, 4.69) is 12.2 Å². The highest BCUT2D eigenvalue weighted by Gasteiger charge is 2.31. The van der Waals surface area contributed by atoms with E-state index >= 15 is 0 Å². The van der Waals surface area contributed by atoms with Crippen molar-refractivity contribution in [3.63, 3.8) is 0 Å². The van der Waals surface area contributed by atoms with Gasteiger partial charge in [0.05, 0.1) is 11.0 Å². The maximum atomic E-state index is 13.3. The van der Waals surface area contributed by atoms with Crippen LogP contribution >= 0.6 is 0 Å². The van der Waals surface area contributed by atoms with Crippen molar-refractivity contribution in [2.75, 3.05) is 11.9 Å². The van der Waals surface area contributed by atoms with Crippen LogP contribution in [0, 0.1) is 21.3 Å². The van der Waals surface area contributed by atoms with Crippen LogP contribution in [0.1, 0.15) is 39.0 Å². The van der Waals surface area contributed by atoms with Crippen LogP contribution in [0.25, 0.3) is 0 Å². The standard InChI is InChI=1S/C14H19FN2O2/c1-2-14(5-3-4-6-14)10-16-12-7-11(15)8-13(9-12)17(18)19/h7-9,16H,2-6,10H2,1H3. The molecule has 104 valence electrons. The van der Waals surface area contributed by atoms with Crippen molar-refractivity contribution >= 4 is 11.4 Å². The molecule has 0 bridgehead atoms. The van der Waals surface area contributed by atoms with Crippen LogP contribution in [0.4, 0.5) is 15.8 Å². The minimum Gasteiger partial charge on any atom is -0.384 e. The van der Waals surface area contributed by atoms with Gasteiger partial charge in [0.1, 0.15) is 5.82 Å². The number of nitro benzene ring substituents is 1. The number of nitro groups is 1. The van der Waals surface area contributed by atoms with Crippen LogP contribution in [0.15, 0.2) is 18.2 Å². The Kier molecular flexibility index (Phi) is 4.02. The molecule has 1 aliphatic rings. The molecule has 1 saturated carbocycles. The van der Waals surface area contributed by atoms with E-state index in [1.54, 1.807) is 0 Å². The largest absolute Gasteiger partial charge is 0.384 e. The summed E-state index contributed by atoms with van der Waals surface area (Å²) >= 11 is 0. The average Bonchev–Trinajstić information content (AvgIpc) is 2.85. The van der Waals surface area contributed by atoms with Gasteiger partial charge in [0, 0.05) is 18.3 Å². The molecule has 0 atom stereocenters. The van der Waals surface area contributed by atoms with E-state index in [1.165, 1.54) is 37.8 Å². The van der Waals surface area contributed by atoms with Crippen LogP contribution in [-0.4, -0.2) is 11.5 Å². The first kappa shape index (κ1) is 13.8. The highest BCUT2D eigenvalue weighted by Crippen LogP contribution is 2.41. The van der Waals surface area contributed by atoms with Gasteiger partial charge < -0.3 is 5.32 Å². The molecule has 1 fully saturated rings. The molecule has 19 heavy (non-hydrogen) atoms. The summed E-state index contributed by atoms with van der Waals surface area (Å²) in [5.41, 5.74) is 0.548. The molecule has 5 heteroatoms. The normalized spacial score (nSPS) is 17.4. The summed E-state index contributed by atoms with van der Waals surface area (Å²) < 4.78 is 13.3. The summed E-state index contributed by atoms with van der Waals surface area (Å²) in [6.45, 7) is 2.92. The number of halogens is 1. The van der Waals surface area contributed by atoms with Gasteiger partial charge in [0.15, 0.2) is 0 Å². The van der Waals surface area contributed by atoms with Gasteiger partial charge in [0.2, 0.25) is 0 Å². The van der Waals surface area contributed by atoms with E-state index in [9.17, 15) is 14.5 Å². The molecule has 1 aliphatic carbocycles. The van der Waals surface area contributed by atoms with Crippen LogP contribution in [0.3, 0.4) is 0 Å². The predicted octanol–water partition coefficient (Wildman–Crippen LogP) is 4.12. The number of nitrogens with zero attached hydrogens (tertiary/aromatic N) is 1. The third-order valence-corrected chi connectivity index (χ3v) is 4.18. The quantitative estimate of drug-likeness (QED) is 0.644. The molecule has 2 rings (SSSR count). The van der Waals surface area contributed by atoms with Crippen LogP contribution in [0.2, 0.25) is 0 Å². The zero-order chi connectivity index (χ0) is 13.9. The van der Waals surface area contributed by atoms with Gasteiger partial charge in [-0.3, -0.25) is 10.1 Å². The molecule has 0 radical (unpaired) electrons. The van der Waals surface area contributed by atoms with Gasteiger partial charge >= 0.3 is 0 Å². The van der Waals surface area contributed by atoms with E-state index in [-0.39, 0.29) is 11.1 Å². The molecule has 1 aromatic rings. The summed E-state index contributed by atoms with van der Waals surface area (Å²) in [6, 6.07) is 3.64. The third-order valence-electron chi connectivity index (χ3n) is 4.18. The number of rotatable bonds is 5. The van der Waals surface area contributed by atoms with Crippen molar-refractivity contribution in [2.45, 2.75) is 39.0 Å². The fourth-order valence-corrected chi connectivity index (χ4v) is 2.85. The highest BCUT2D eigenvalue weighted by molar-refractivity contribution is 5.51. The summed E-state index contributed by atoms with van der Waals surface area (Å²) in [6.07, 6.45) is 5.90. The molecule has 0 saturated heterocycles. The predicted molar refractivity (Wildman–Crippen MR) is 72.7 cm³/mol. The zero-order valence-electron chi connectivity index (χ0n) is 11.1. The molecule has 0 heterocycles. The highest BCUT2D eigenvalue weighted by atomic mass is 19.1. The smallest absolute Gasteiger partial charge is 0.274 e. The monoisotopic (exact) mass is 266 g/mol. The zero-order valence-corrected chi connectivity index (χ0v) is 11.1. The SMILES string of the molecule is CCC1(CNc2cc(F)cc([N+](=O)[O-])c2)CCCC1. The maximum absolute atomic E-state index is 13.3. The summed E-state index contributed by atoms with van der Waals surface area (Å²) in [4.78, 5) is 10.1. The lowest BCUT2D eigenvalue weighted by atomic mass is 9.83. The van der Waals surface area contributed by atoms with Crippen molar-refractivity contribution in [3.8, 4) is 0 Å². The Labute approximate surface area is 112 Å². The molecule has 0 aromatic heterocycles. The lowest BCUT2D eigenvalue weighted by molar-refractivity contribution is -0.385. The first-order valence-electron chi connectivity index (χ1n) is 6.73. The van der Waals surface area contributed by atoms with Gasteiger partial charge in [-0.15, -0.1) is 0 Å². The minimum atomic E-state index is -0.575. The topological polar surface area (TPSA) is 55.2 Å². The minimum absolute atomic E-state index is 0.209. The number of hydrogen-bond acceptors (Lipinski definition) is 3. The van der Waals surface area contributed by atoms with Gasteiger partial charge in [-0.25, -0.2) is 4.39 Å². The lowest BCUT2D eigenvalue weighted by Crippen LogP contribution is -2.25. The third kappa shape index (κ3) is 3.22. The molecule has 1 aromatic carbocycles. The second kappa shape index (κ2) is 5.55. The molecule has 0 unspecified atom stereocenters. The van der Waals surface area contributed by atoms with Gasteiger partial charge in [-0.1, -0.05) is 19.8 Å². The molecular formula is C14H19FN2O2. The van der Waals surface area contributed by atoms with Gasteiger partial charge in [-0.05, 0) is 30.7 Å². The Balaban J connectivity index is 2.08. The lowest BCUT2D eigenvalue weighted by Gasteiger charge is -2.28. The number of hydrogen-bond donors (Lipinski definition) is 1. The molecule has 0 spiro atoms.